The van der Waals surface area contributed by atoms with Crippen molar-refractivity contribution in [3.05, 3.63) is 109 Å². The Hall–Kier alpha value is -3.44. The Kier molecular flexibility index (Phi) is 11.0. The van der Waals surface area contributed by atoms with Crippen LogP contribution in [0.1, 0.15) is 50.7 Å². The summed E-state index contributed by atoms with van der Waals surface area (Å²) in [5.74, 6) is 1.49. The van der Waals surface area contributed by atoms with Gasteiger partial charge in [0.2, 0.25) is 5.71 Å². The van der Waals surface area contributed by atoms with Crippen LogP contribution in [0, 0.1) is 24.0 Å². The first-order valence-corrected chi connectivity index (χ1v) is 19.9. The van der Waals surface area contributed by atoms with E-state index < -0.39 is 8.07 Å². The number of pyridine rings is 3. The summed E-state index contributed by atoms with van der Waals surface area (Å²) in [7, 11) is -1.34. The maximum absolute atomic E-state index is 6.03. The summed E-state index contributed by atoms with van der Waals surface area (Å²) in [4.78, 5) is 13.6. The van der Waals surface area contributed by atoms with Crippen molar-refractivity contribution in [2.24, 2.45) is 11.8 Å². The van der Waals surface area contributed by atoms with Gasteiger partial charge in [-0.1, -0.05) is 93.4 Å². The van der Waals surface area contributed by atoms with Crippen LogP contribution in [0.3, 0.4) is 0 Å². The molecule has 0 spiro atoms. The zero-order chi connectivity index (χ0) is 31.4. The molecule has 6 aromatic rings. The van der Waals surface area contributed by atoms with Gasteiger partial charge in [0.25, 0.3) is 0 Å². The van der Waals surface area contributed by atoms with Crippen molar-refractivity contribution in [2.75, 3.05) is 0 Å². The van der Waals surface area contributed by atoms with Gasteiger partial charge in [-0.3, -0.25) is 0 Å². The topological polar surface area (TPSA) is 51.8 Å². The first kappa shape index (κ1) is 33.9. The van der Waals surface area contributed by atoms with Gasteiger partial charge in [-0.05, 0) is 59.5 Å². The van der Waals surface area contributed by atoms with Gasteiger partial charge in [0, 0.05) is 44.1 Å². The number of furan rings is 1. The van der Waals surface area contributed by atoms with Crippen LogP contribution in [-0.4, -0.2) is 23.0 Å². The predicted molar refractivity (Wildman–Crippen MR) is 189 cm³/mol. The Morgan fingerprint density at radius 3 is 2.41 bits per heavy atom. The van der Waals surface area contributed by atoms with Crippen molar-refractivity contribution in [3.63, 3.8) is 0 Å². The molecular formula is C40H43IrN3OSi-2. The van der Waals surface area contributed by atoms with Crippen LogP contribution in [0.4, 0.5) is 0 Å². The SMILES string of the molecule is CC(C)Cc1cc(-c2[c-]cccc2)ncc1[Si](C)(C)C.[Ir].[c-]1ccc2c(oc3ncccc32)c1-c1cc(CC2CCCC2)ccn1. The van der Waals surface area contributed by atoms with Gasteiger partial charge in [0.1, 0.15) is 0 Å². The van der Waals surface area contributed by atoms with Crippen molar-refractivity contribution >= 4 is 35.3 Å². The van der Waals surface area contributed by atoms with Crippen LogP contribution in [0.5, 0.6) is 0 Å². The minimum Gasteiger partial charge on any atom is -0.486 e. The van der Waals surface area contributed by atoms with Crippen LogP contribution in [0.2, 0.25) is 19.6 Å². The molecular weight excluding hydrogens is 759 g/mol. The molecule has 4 aromatic heterocycles. The van der Waals surface area contributed by atoms with Crippen LogP contribution in [0.15, 0.2) is 89.7 Å². The molecule has 1 aliphatic rings. The molecule has 2 aromatic carbocycles. The van der Waals surface area contributed by atoms with Crippen molar-refractivity contribution in [1.82, 2.24) is 15.0 Å². The third-order valence-electron chi connectivity index (χ3n) is 8.70. The summed E-state index contributed by atoms with van der Waals surface area (Å²) in [6.07, 6.45) is 13.5. The molecule has 1 aliphatic carbocycles. The molecule has 0 saturated heterocycles. The van der Waals surface area contributed by atoms with E-state index in [0.29, 0.717) is 11.6 Å². The molecule has 0 N–H and O–H groups in total. The first-order chi connectivity index (χ1) is 21.8. The number of hydrogen-bond acceptors (Lipinski definition) is 4. The van der Waals surface area contributed by atoms with E-state index >= 15 is 0 Å². The second-order valence-electron chi connectivity index (χ2n) is 13.8. The molecule has 46 heavy (non-hydrogen) atoms. The van der Waals surface area contributed by atoms with Crippen LogP contribution in [-0.2, 0) is 32.9 Å². The summed E-state index contributed by atoms with van der Waals surface area (Å²) in [6.45, 7) is 11.7. The summed E-state index contributed by atoms with van der Waals surface area (Å²) >= 11 is 0. The number of nitrogens with zero attached hydrogens (tertiary/aromatic N) is 3. The second kappa shape index (κ2) is 15.0. The molecule has 4 nitrogen and oxygen atoms in total. The molecule has 1 saturated carbocycles. The normalized spacial score (nSPS) is 13.5. The van der Waals surface area contributed by atoms with Crippen molar-refractivity contribution < 1.29 is 24.5 Å². The average Bonchev–Trinajstić information content (AvgIpc) is 3.69. The molecule has 1 radical (unpaired) electrons. The Balaban J connectivity index is 0.000000182. The Morgan fingerprint density at radius 2 is 1.67 bits per heavy atom. The van der Waals surface area contributed by atoms with E-state index in [-0.39, 0.29) is 20.1 Å². The number of benzene rings is 2. The van der Waals surface area contributed by atoms with E-state index in [9.17, 15) is 0 Å². The molecule has 6 heteroatoms. The monoisotopic (exact) mass is 802 g/mol. The quantitative estimate of drug-likeness (QED) is 0.119. The molecule has 0 bridgehead atoms. The molecule has 0 aliphatic heterocycles. The minimum absolute atomic E-state index is 0. The molecule has 0 atom stereocenters. The maximum Gasteiger partial charge on any atom is 0.216 e. The largest absolute Gasteiger partial charge is 0.486 e. The summed E-state index contributed by atoms with van der Waals surface area (Å²) in [5, 5.41) is 3.60. The minimum atomic E-state index is -1.34. The van der Waals surface area contributed by atoms with Gasteiger partial charge in [-0.2, -0.15) is 0 Å². The van der Waals surface area contributed by atoms with E-state index in [1.807, 2.05) is 48.7 Å². The van der Waals surface area contributed by atoms with Crippen molar-refractivity contribution in [2.45, 2.75) is 72.0 Å². The maximum atomic E-state index is 6.03. The molecule has 7 rings (SSSR count). The third kappa shape index (κ3) is 7.91. The molecule has 1 fully saturated rings. The van der Waals surface area contributed by atoms with Gasteiger partial charge >= 0.3 is 0 Å². The third-order valence-corrected chi connectivity index (χ3v) is 10.8. The van der Waals surface area contributed by atoms with Crippen LogP contribution < -0.4 is 5.19 Å². The molecule has 239 valence electrons. The van der Waals surface area contributed by atoms with E-state index in [4.69, 9.17) is 4.42 Å². The Labute approximate surface area is 288 Å². The molecule has 0 unspecified atom stereocenters. The Bertz CT molecular complexity index is 1890. The fourth-order valence-electron chi connectivity index (χ4n) is 6.53. The number of fused-ring (bicyclic) bond motifs is 3. The zero-order valence-corrected chi connectivity index (χ0v) is 31.0. The molecule has 4 heterocycles. The average molecular weight is 802 g/mol. The van der Waals surface area contributed by atoms with Gasteiger partial charge < -0.3 is 14.4 Å². The van der Waals surface area contributed by atoms with E-state index in [1.54, 1.807) is 6.20 Å². The van der Waals surface area contributed by atoms with Gasteiger partial charge in [0.15, 0.2) is 0 Å². The second-order valence-corrected chi connectivity index (χ2v) is 18.8. The number of aromatic nitrogens is 3. The summed E-state index contributed by atoms with van der Waals surface area (Å²) in [6, 6.07) is 29.3. The first-order valence-electron chi connectivity index (χ1n) is 16.4. The summed E-state index contributed by atoms with van der Waals surface area (Å²) in [5.41, 5.74) is 8.30. The van der Waals surface area contributed by atoms with Gasteiger partial charge in [-0.15, -0.1) is 54.1 Å². The standard InChI is InChI=1S/C22H19N2O.C18H24NSi.Ir/c1-2-6-15(5-1)13-16-10-12-23-20(14-16)19-8-3-7-17-18-9-4-11-24-22(18)25-21(17)19;1-14(2)11-16-12-17(15-9-7-6-8-10-15)19-13-18(16)20(3,4)5;/h3-4,7,9-12,14-15H,1-2,5-6,13H2;6-9,12-14H,11H2,1-5H3;/q2*-1;. The predicted octanol–water partition coefficient (Wildman–Crippen LogP) is 9.87. The van der Waals surface area contributed by atoms with E-state index in [1.165, 1.54) is 42.0 Å². The smallest absolute Gasteiger partial charge is 0.216 e. The van der Waals surface area contributed by atoms with Gasteiger partial charge in [0.05, 0.1) is 13.7 Å². The summed E-state index contributed by atoms with van der Waals surface area (Å²) < 4.78 is 6.03. The van der Waals surface area contributed by atoms with E-state index in [2.05, 4.69) is 91.0 Å². The van der Waals surface area contributed by atoms with Crippen molar-refractivity contribution in [3.8, 4) is 22.5 Å². The number of rotatable bonds is 7. The number of hydrogen-bond donors (Lipinski definition) is 0. The fraction of sp³-hybridized carbons (Fsp3) is 0.325. The van der Waals surface area contributed by atoms with Crippen LogP contribution in [0.25, 0.3) is 44.6 Å². The fourth-order valence-corrected chi connectivity index (χ4v) is 8.12. The Morgan fingerprint density at radius 1 is 0.848 bits per heavy atom. The zero-order valence-electron chi connectivity index (χ0n) is 27.6. The van der Waals surface area contributed by atoms with Crippen LogP contribution >= 0.6 is 0 Å². The van der Waals surface area contributed by atoms with E-state index in [0.717, 1.165) is 57.6 Å². The van der Waals surface area contributed by atoms with Crippen molar-refractivity contribution in [1.29, 1.82) is 0 Å². The van der Waals surface area contributed by atoms with Gasteiger partial charge in [-0.25, -0.2) is 4.98 Å². The molecule has 0 amide bonds.